The monoisotopic (exact) mass is 973 g/mol. The van der Waals surface area contributed by atoms with Gasteiger partial charge in [-0.05, 0) is 32.7 Å². The second-order valence-electron chi connectivity index (χ2n) is 12.6. The summed E-state index contributed by atoms with van der Waals surface area (Å²) >= 11 is 2.22. The van der Waals surface area contributed by atoms with Crippen molar-refractivity contribution in [2.75, 3.05) is 66.0 Å². The molecule has 0 radical (unpaired) electrons. The van der Waals surface area contributed by atoms with Crippen molar-refractivity contribution in [3.63, 3.8) is 0 Å². The number of nitrogens with zero attached hydrogens (tertiary/aromatic N) is 4. The van der Waals surface area contributed by atoms with Gasteiger partial charge in [0.05, 0.1) is 0 Å². The molecule has 0 saturated heterocycles. The van der Waals surface area contributed by atoms with Crippen molar-refractivity contribution in [3.05, 3.63) is 72.0 Å². The molecule has 0 fully saturated rings. The van der Waals surface area contributed by atoms with Gasteiger partial charge in [-0.25, -0.2) is 15.0 Å². The van der Waals surface area contributed by atoms with Gasteiger partial charge in [-0.15, -0.1) is 58.9 Å². The Morgan fingerprint density at radius 2 is 1.10 bits per heavy atom. The fourth-order valence-electron chi connectivity index (χ4n) is 5.17. The van der Waals surface area contributed by atoms with Crippen molar-refractivity contribution < 1.29 is 144 Å². The van der Waals surface area contributed by atoms with E-state index < -0.39 is 53.7 Å². The van der Waals surface area contributed by atoms with Crippen molar-refractivity contribution in [2.24, 2.45) is 32.9 Å². The number of halogens is 5. The van der Waals surface area contributed by atoms with Gasteiger partial charge in [0.2, 0.25) is 11.8 Å². The first kappa shape index (κ1) is 58.4. The first-order valence-corrected chi connectivity index (χ1v) is 20.5. The molecular formula is C37H46F5K2N13O4S2. The number of rotatable bonds is 25. The van der Waals surface area contributed by atoms with Gasteiger partial charge < -0.3 is 49.5 Å². The normalized spacial score (nSPS) is 10.7. The molecule has 0 aliphatic carbocycles. The van der Waals surface area contributed by atoms with Crippen molar-refractivity contribution in [1.29, 1.82) is 0 Å². The summed E-state index contributed by atoms with van der Waals surface area (Å²) in [7, 11) is 1.70. The van der Waals surface area contributed by atoms with E-state index in [1.165, 1.54) is 0 Å². The van der Waals surface area contributed by atoms with Crippen LogP contribution in [0.15, 0.2) is 56.4 Å². The molecule has 0 aliphatic rings. The first-order valence-electron chi connectivity index (χ1n) is 18.5. The first-order chi connectivity index (χ1) is 29.1. The number of thioether (sulfide) groups is 2. The third-order valence-electron chi connectivity index (χ3n) is 7.94. The molecule has 0 unspecified atom stereocenters. The summed E-state index contributed by atoms with van der Waals surface area (Å²) in [5.74, 6) is -2.39. The van der Waals surface area contributed by atoms with E-state index in [0.717, 1.165) is 60.2 Å². The number of aliphatic imine (C=N–C) groups is 2. The van der Waals surface area contributed by atoms with Crippen LogP contribution in [0.1, 0.15) is 70.6 Å². The number of anilines is 4. The van der Waals surface area contributed by atoms with E-state index in [1.807, 2.05) is 0 Å². The molecular weight excluding hydrogens is 928 g/mol. The van der Waals surface area contributed by atoms with Gasteiger partial charge in [-0.3, -0.25) is 41.7 Å². The summed E-state index contributed by atoms with van der Waals surface area (Å²) in [6.45, 7) is 0.951. The molecule has 0 spiro atoms. The third kappa shape index (κ3) is 21.1. The number of carbonyl (C=O) groups is 4. The zero-order valence-corrected chi connectivity index (χ0v) is 42.8. The quantitative estimate of drug-likeness (QED) is 0.00698. The van der Waals surface area contributed by atoms with Crippen molar-refractivity contribution in [2.45, 2.75) is 48.3 Å². The fraction of sp³-hybridized carbons (Fsp3) is 0.351. The SMILES string of the molecule is CNCCSc1c(NC(=O)CCCCN=C(N)N)cc([C-](F)F)cc1NC(=O)c1cc(C(=O)Nc2cc([C-](F)F)cc(NC(=O)CCCCN=C(N)F)c2SCCN)ncn1.[K+].[K+]. The van der Waals surface area contributed by atoms with Crippen LogP contribution in [-0.4, -0.2) is 90.4 Å². The number of amidine groups is 1. The molecule has 26 heteroatoms. The Hall–Kier alpha value is -2.58. The molecule has 17 nitrogen and oxygen atoms in total. The molecule has 2 aromatic carbocycles. The number of nitrogens with one attached hydrogen (secondary N) is 5. The molecule has 1 heterocycles. The smallest absolute Gasteiger partial charge is 0.370 e. The summed E-state index contributed by atoms with van der Waals surface area (Å²) in [5, 5.41) is 13.2. The molecule has 13 N–H and O–H groups in total. The van der Waals surface area contributed by atoms with Crippen LogP contribution < -0.4 is 152 Å². The number of hydrogen-bond acceptors (Lipinski definition) is 12. The van der Waals surface area contributed by atoms with Crippen LogP contribution in [0.2, 0.25) is 0 Å². The van der Waals surface area contributed by atoms with E-state index in [-0.39, 0.29) is 191 Å². The fourth-order valence-corrected chi connectivity index (χ4v) is 7.06. The van der Waals surface area contributed by atoms with Crippen molar-refractivity contribution in [1.82, 2.24) is 15.3 Å². The average molecular weight is 974 g/mol. The second-order valence-corrected chi connectivity index (χ2v) is 14.8. The molecule has 3 rings (SSSR count). The van der Waals surface area contributed by atoms with Crippen LogP contribution in [0.4, 0.5) is 44.7 Å². The maximum atomic E-state index is 14.1. The minimum Gasteiger partial charge on any atom is -0.370 e. The van der Waals surface area contributed by atoms with Gasteiger partial charge in [0.25, 0.3) is 17.9 Å². The van der Waals surface area contributed by atoms with Gasteiger partial charge in [-0.1, -0.05) is 0 Å². The Morgan fingerprint density at radius 1 is 0.667 bits per heavy atom. The number of hydrogen-bond donors (Lipinski definition) is 9. The van der Waals surface area contributed by atoms with E-state index in [1.54, 1.807) is 7.05 Å². The zero-order chi connectivity index (χ0) is 44.9. The van der Waals surface area contributed by atoms with Gasteiger partial charge >= 0.3 is 103 Å². The Balaban J connectivity index is 0.00000992. The number of guanidine groups is 1. The van der Waals surface area contributed by atoms with Crippen LogP contribution in [0.3, 0.4) is 0 Å². The molecule has 63 heavy (non-hydrogen) atoms. The molecule has 0 saturated carbocycles. The molecule has 3 aromatic rings. The van der Waals surface area contributed by atoms with Gasteiger partial charge in [0.1, 0.15) is 17.7 Å². The van der Waals surface area contributed by atoms with Gasteiger partial charge in [0, 0.05) is 89.1 Å². The Morgan fingerprint density at radius 3 is 1.49 bits per heavy atom. The van der Waals surface area contributed by atoms with E-state index in [4.69, 9.17) is 22.9 Å². The van der Waals surface area contributed by atoms with Crippen molar-refractivity contribution in [3.8, 4) is 0 Å². The Labute approximate surface area is 454 Å². The zero-order valence-electron chi connectivity index (χ0n) is 34.9. The van der Waals surface area contributed by atoms with E-state index in [0.29, 0.717) is 38.1 Å². The van der Waals surface area contributed by atoms with Crippen LogP contribution in [0, 0.1) is 12.9 Å². The predicted octanol–water partition coefficient (Wildman–Crippen LogP) is -1.32. The number of amides is 4. The third-order valence-corrected chi connectivity index (χ3v) is 10.2. The van der Waals surface area contributed by atoms with Crippen LogP contribution in [-0.2, 0) is 9.59 Å². The maximum Gasteiger partial charge on any atom is 1.00 e. The van der Waals surface area contributed by atoms with Gasteiger partial charge in [0.15, 0.2) is 18.8 Å². The number of aromatic nitrogens is 2. The molecule has 0 atom stereocenters. The molecule has 4 amide bonds. The minimum absolute atomic E-state index is 0. The summed E-state index contributed by atoms with van der Waals surface area (Å²) in [6, 6.07) is 5.12. The molecule has 0 aliphatic heterocycles. The maximum absolute atomic E-state index is 14.1. The van der Waals surface area contributed by atoms with E-state index in [2.05, 4.69) is 46.5 Å². The number of benzene rings is 2. The molecule has 332 valence electrons. The summed E-state index contributed by atoms with van der Waals surface area (Å²) in [4.78, 5) is 68.5. The van der Waals surface area contributed by atoms with Gasteiger partial charge in [-0.2, -0.15) is 4.39 Å². The Kier molecular flexibility index (Phi) is 29.1. The summed E-state index contributed by atoms with van der Waals surface area (Å²) < 4.78 is 68.9. The second kappa shape index (κ2) is 31.4. The average Bonchev–Trinajstić information content (AvgIpc) is 3.20. The standard InChI is InChI=1S/C37H46F5N13O4S2.2K/c1-47-11-13-61-31-23(53-29(57)7-3-5-10-49-37(45)46)15-21(33(40)41)17-25(31)55-35(59)27-18-26(50-19-51-27)34(58)54-24-16-20(32(38)39)14-22(30(24)60-12-8-43)52-28(56)6-2-4-9-48-36(42)44;;/h14-19,47H,2-13,43H2,1H3,(H2,44,48)(H,52,56)(H,53,57)(H,54,58)(H,55,59)(H4,45,46,49);;/q-2;2*+1. The van der Waals surface area contributed by atoms with Crippen LogP contribution in [0.5, 0.6) is 0 Å². The number of nitrogens with two attached hydrogens (primary N) is 4. The van der Waals surface area contributed by atoms with E-state index >= 15 is 0 Å². The van der Waals surface area contributed by atoms with E-state index in [9.17, 15) is 41.1 Å². The van der Waals surface area contributed by atoms with Crippen molar-refractivity contribution >= 4 is 82.0 Å². The summed E-state index contributed by atoms with van der Waals surface area (Å²) in [5.41, 5.74) is 19.0. The molecule has 0 bridgehead atoms. The predicted molar refractivity (Wildman–Crippen MR) is 228 cm³/mol. The number of unbranched alkanes of at least 4 members (excludes halogenated alkanes) is 2. The minimum atomic E-state index is -2.12. The molecule has 1 aromatic heterocycles. The summed E-state index contributed by atoms with van der Waals surface area (Å²) in [6.07, 6.45) is -2.99. The number of carbonyl (C=O) groups excluding carboxylic acids is 4. The topological polar surface area (TPSA) is 283 Å². The van der Waals surface area contributed by atoms with Crippen LogP contribution >= 0.6 is 23.5 Å². The largest absolute Gasteiger partial charge is 1.00 e. The van der Waals surface area contributed by atoms with Crippen LogP contribution in [0.25, 0.3) is 0 Å². The Bertz CT molecular complexity index is 2050.